The van der Waals surface area contributed by atoms with E-state index < -0.39 is 0 Å². The van der Waals surface area contributed by atoms with Crippen molar-refractivity contribution in [1.82, 2.24) is 20.0 Å². The number of nitrogens with one attached hydrogen (secondary N) is 1. The molecule has 1 aliphatic heterocycles. The van der Waals surface area contributed by atoms with Crippen molar-refractivity contribution in [3.63, 3.8) is 0 Å². The summed E-state index contributed by atoms with van der Waals surface area (Å²) < 4.78 is 7.61. The van der Waals surface area contributed by atoms with Crippen LogP contribution in [-0.2, 0) is 11.8 Å². The lowest BCUT2D eigenvalue weighted by Crippen LogP contribution is -2.39. The van der Waals surface area contributed by atoms with Crippen LogP contribution in [0.15, 0.2) is 54.9 Å². The Labute approximate surface area is 156 Å². The van der Waals surface area contributed by atoms with Gasteiger partial charge in [0.15, 0.2) is 11.5 Å². The molecule has 8 nitrogen and oxygen atoms in total. The molecule has 1 aromatic carbocycles. The fourth-order valence-electron chi connectivity index (χ4n) is 3.00. The average molecular weight is 364 g/mol. The monoisotopic (exact) mass is 364 g/mol. The van der Waals surface area contributed by atoms with Crippen molar-refractivity contribution in [2.75, 3.05) is 29.9 Å². The van der Waals surface area contributed by atoms with Crippen molar-refractivity contribution in [2.45, 2.75) is 6.10 Å². The number of aromatic nitrogens is 4. The highest BCUT2D eigenvalue weighted by Crippen LogP contribution is 2.24. The number of aryl methyl sites for hydroxylation is 1. The first kappa shape index (κ1) is 17.2. The minimum Gasteiger partial charge on any atom is -0.370 e. The second kappa shape index (κ2) is 7.55. The van der Waals surface area contributed by atoms with Gasteiger partial charge < -0.3 is 15.0 Å². The number of nitrogens with zero attached hydrogens (tertiary/aromatic N) is 5. The van der Waals surface area contributed by atoms with Crippen LogP contribution in [0.3, 0.4) is 0 Å². The predicted octanol–water partition coefficient (Wildman–Crippen LogP) is 2.04. The largest absolute Gasteiger partial charge is 0.370 e. The van der Waals surface area contributed by atoms with Crippen molar-refractivity contribution in [2.24, 2.45) is 7.05 Å². The summed E-state index contributed by atoms with van der Waals surface area (Å²) in [5.41, 5.74) is 2.04. The molecule has 0 radical (unpaired) electrons. The van der Waals surface area contributed by atoms with Crippen LogP contribution in [0, 0.1) is 0 Å². The maximum atomic E-state index is 12.3. The van der Waals surface area contributed by atoms with Crippen molar-refractivity contribution >= 4 is 17.4 Å². The molecule has 1 amide bonds. The number of rotatable bonds is 4. The van der Waals surface area contributed by atoms with Crippen molar-refractivity contribution in [3.05, 3.63) is 66.1 Å². The first-order chi connectivity index (χ1) is 13.2. The third kappa shape index (κ3) is 3.95. The lowest BCUT2D eigenvalue weighted by molar-refractivity contribution is 0.0394. The number of para-hydroxylation sites is 1. The number of carbonyl (C=O) groups is 1. The summed E-state index contributed by atoms with van der Waals surface area (Å²) in [5, 5.41) is 15.3. The van der Waals surface area contributed by atoms with Gasteiger partial charge in [0.2, 0.25) is 0 Å². The fraction of sp³-hybridized carbons (Fsp3) is 0.263. The molecule has 27 heavy (non-hydrogen) atoms. The Balaban J connectivity index is 1.43. The number of hydrogen-bond donors (Lipinski definition) is 1. The zero-order valence-electron chi connectivity index (χ0n) is 14.9. The summed E-state index contributed by atoms with van der Waals surface area (Å²) in [5.74, 6) is 0.443. The van der Waals surface area contributed by atoms with Gasteiger partial charge in [-0.2, -0.15) is 5.10 Å². The highest BCUT2D eigenvalue weighted by atomic mass is 16.5. The third-order valence-electron chi connectivity index (χ3n) is 4.40. The van der Waals surface area contributed by atoms with Crippen LogP contribution in [0.4, 0.5) is 11.5 Å². The number of amides is 1. The number of ether oxygens (including phenoxy) is 1. The summed E-state index contributed by atoms with van der Waals surface area (Å²) in [6, 6.07) is 12.8. The molecule has 0 saturated carbocycles. The molecule has 2 aromatic heterocycles. The minimum absolute atomic E-state index is 0.0599. The summed E-state index contributed by atoms with van der Waals surface area (Å²) in [6.07, 6.45) is 3.71. The van der Waals surface area contributed by atoms with E-state index in [1.807, 2.05) is 55.8 Å². The van der Waals surface area contributed by atoms with Crippen LogP contribution in [0.2, 0.25) is 0 Å². The maximum absolute atomic E-state index is 12.3. The van der Waals surface area contributed by atoms with Gasteiger partial charge in [0, 0.05) is 31.0 Å². The number of carbonyl (C=O) groups excluding carboxylic acids is 1. The molecule has 3 heterocycles. The molecule has 8 heteroatoms. The van der Waals surface area contributed by atoms with E-state index in [9.17, 15) is 4.79 Å². The second-order valence-electron chi connectivity index (χ2n) is 6.35. The van der Waals surface area contributed by atoms with Gasteiger partial charge in [-0.15, -0.1) is 10.2 Å². The van der Waals surface area contributed by atoms with Crippen LogP contribution in [-0.4, -0.2) is 45.6 Å². The SMILES string of the molecule is Cn1cc([C@@H]2CN(c3ccc(C(=O)Nc4ccccc4)nn3)CCO2)cn1. The van der Waals surface area contributed by atoms with Gasteiger partial charge >= 0.3 is 0 Å². The van der Waals surface area contributed by atoms with Crippen LogP contribution in [0.5, 0.6) is 0 Å². The number of benzene rings is 1. The Morgan fingerprint density at radius 2 is 2.04 bits per heavy atom. The van der Waals surface area contributed by atoms with E-state index in [4.69, 9.17) is 4.74 Å². The zero-order valence-corrected chi connectivity index (χ0v) is 14.9. The third-order valence-corrected chi connectivity index (χ3v) is 4.40. The van der Waals surface area contributed by atoms with Crippen LogP contribution in [0.1, 0.15) is 22.2 Å². The van der Waals surface area contributed by atoms with E-state index in [2.05, 4.69) is 25.5 Å². The molecular formula is C19H20N6O2. The van der Waals surface area contributed by atoms with E-state index in [0.717, 1.165) is 23.6 Å². The van der Waals surface area contributed by atoms with Crippen molar-refractivity contribution in [1.29, 1.82) is 0 Å². The first-order valence-corrected chi connectivity index (χ1v) is 8.74. The molecule has 1 saturated heterocycles. The van der Waals surface area contributed by atoms with Gasteiger partial charge in [0.05, 0.1) is 19.3 Å². The fourth-order valence-corrected chi connectivity index (χ4v) is 3.00. The highest BCUT2D eigenvalue weighted by Gasteiger charge is 2.24. The Hall–Kier alpha value is -3.26. The van der Waals surface area contributed by atoms with E-state index >= 15 is 0 Å². The van der Waals surface area contributed by atoms with E-state index in [0.29, 0.717) is 13.2 Å². The molecule has 1 N–H and O–H groups in total. The van der Waals surface area contributed by atoms with E-state index in [-0.39, 0.29) is 17.7 Å². The molecule has 3 aromatic rings. The molecule has 4 rings (SSSR count). The molecular weight excluding hydrogens is 344 g/mol. The highest BCUT2D eigenvalue weighted by molar-refractivity contribution is 6.02. The van der Waals surface area contributed by atoms with E-state index in [1.54, 1.807) is 10.7 Å². The van der Waals surface area contributed by atoms with Gasteiger partial charge in [-0.05, 0) is 24.3 Å². The number of hydrogen-bond acceptors (Lipinski definition) is 6. The van der Waals surface area contributed by atoms with Gasteiger partial charge in [-0.25, -0.2) is 0 Å². The average Bonchev–Trinajstić information content (AvgIpc) is 3.15. The molecule has 0 unspecified atom stereocenters. The standard InChI is InChI=1S/C19H20N6O2/c1-24-12-14(11-20-24)17-13-25(9-10-27-17)18-8-7-16(22-23-18)19(26)21-15-5-3-2-4-6-15/h2-8,11-12,17H,9-10,13H2,1H3,(H,21,26)/t17-/m0/s1. The molecule has 1 aliphatic rings. The minimum atomic E-state index is -0.282. The molecule has 0 bridgehead atoms. The van der Waals surface area contributed by atoms with Gasteiger partial charge in [0.1, 0.15) is 6.10 Å². The van der Waals surface area contributed by atoms with Crippen molar-refractivity contribution in [3.8, 4) is 0 Å². The predicted molar refractivity (Wildman–Crippen MR) is 101 cm³/mol. The smallest absolute Gasteiger partial charge is 0.276 e. The molecule has 0 spiro atoms. The van der Waals surface area contributed by atoms with Crippen molar-refractivity contribution < 1.29 is 9.53 Å². The Kier molecular flexibility index (Phi) is 4.80. The molecule has 1 fully saturated rings. The van der Waals surface area contributed by atoms with Crippen LogP contribution < -0.4 is 10.2 Å². The summed E-state index contributed by atoms with van der Waals surface area (Å²) in [4.78, 5) is 14.4. The number of anilines is 2. The summed E-state index contributed by atoms with van der Waals surface area (Å²) >= 11 is 0. The molecule has 0 aliphatic carbocycles. The summed E-state index contributed by atoms with van der Waals surface area (Å²) in [7, 11) is 1.88. The Bertz CT molecular complexity index is 909. The lowest BCUT2D eigenvalue weighted by atomic mass is 10.1. The van der Waals surface area contributed by atoms with Crippen LogP contribution in [0.25, 0.3) is 0 Å². The van der Waals surface area contributed by atoms with Gasteiger partial charge in [-0.1, -0.05) is 18.2 Å². The maximum Gasteiger partial charge on any atom is 0.276 e. The topological polar surface area (TPSA) is 85.2 Å². The zero-order chi connectivity index (χ0) is 18.6. The molecule has 1 atom stereocenters. The number of morpholine rings is 1. The molecule has 138 valence electrons. The van der Waals surface area contributed by atoms with E-state index in [1.165, 1.54) is 0 Å². The van der Waals surface area contributed by atoms with Crippen LogP contribution >= 0.6 is 0 Å². The van der Waals surface area contributed by atoms with Gasteiger partial charge in [-0.3, -0.25) is 9.48 Å². The quantitative estimate of drug-likeness (QED) is 0.763. The Morgan fingerprint density at radius 3 is 2.74 bits per heavy atom. The lowest BCUT2D eigenvalue weighted by Gasteiger charge is -2.33. The Morgan fingerprint density at radius 1 is 1.19 bits per heavy atom. The normalized spacial score (nSPS) is 16.9. The van der Waals surface area contributed by atoms with Gasteiger partial charge in [0.25, 0.3) is 5.91 Å². The first-order valence-electron chi connectivity index (χ1n) is 8.74. The summed E-state index contributed by atoms with van der Waals surface area (Å²) in [6.45, 7) is 1.98. The second-order valence-corrected chi connectivity index (χ2v) is 6.35.